The SMILES string of the molecule is O=C(NC1N=CC=CN1)c1ccccc1. The highest BCUT2D eigenvalue weighted by Gasteiger charge is 2.10. The third kappa shape index (κ3) is 2.43. The average molecular weight is 201 g/mol. The normalized spacial score (nSPS) is 18.3. The Bertz CT molecular complexity index is 398. The first kappa shape index (κ1) is 9.45. The molecule has 1 aromatic carbocycles. The molecule has 0 aromatic heterocycles. The lowest BCUT2D eigenvalue weighted by Crippen LogP contribution is -2.42. The molecule has 4 nitrogen and oxygen atoms in total. The van der Waals surface area contributed by atoms with Crippen molar-refractivity contribution in [2.45, 2.75) is 6.29 Å². The van der Waals surface area contributed by atoms with Crippen molar-refractivity contribution in [3.05, 3.63) is 48.2 Å². The van der Waals surface area contributed by atoms with Crippen LogP contribution >= 0.6 is 0 Å². The van der Waals surface area contributed by atoms with Gasteiger partial charge in [0.15, 0.2) is 6.29 Å². The molecule has 0 radical (unpaired) electrons. The quantitative estimate of drug-likeness (QED) is 0.746. The Morgan fingerprint density at radius 1 is 1.33 bits per heavy atom. The second-order valence-corrected chi connectivity index (χ2v) is 3.07. The maximum absolute atomic E-state index is 11.7. The summed E-state index contributed by atoms with van der Waals surface area (Å²) in [6.45, 7) is 0. The van der Waals surface area contributed by atoms with Crippen molar-refractivity contribution >= 4 is 12.1 Å². The molecule has 0 saturated carbocycles. The van der Waals surface area contributed by atoms with E-state index in [1.807, 2.05) is 18.2 Å². The van der Waals surface area contributed by atoms with Gasteiger partial charge in [-0.2, -0.15) is 0 Å². The fourth-order valence-corrected chi connectivity index (χ4v) is 1.24. The Kier molecular flexibility index (Phi) is 2.78. The standard InChI is InChI=1S/C11H11N3O/c15-10(9-5-2-1-3-6-9)14-11-12-7-4-8-13-11/h1-8,11-12H,(H,14,15). The van der Waals surface area contributed by atoms with Crippen LogP contribution in [-0.2, 0) is 0 Å². The number of nitrogens with one attached hydrogen (secondary N) is 2. The minimum absolute atomic E-state index is 0.138. The average Bonchev–Trinajstić information content (AvgIpc) is 2.31. The predicted molar refractivity (Wildman–Crippen MR) is 58.5 cm³/mol. The molecule has 0 aliphatic carbocycles. The third-order valence-corrected chi connectivity index (χ3v) is 1.98. The van der Waals surface area contributed by atoms with Gasteiger partial charge in [-0.3, -0.25) is 4.79 Å². The lowest BCUT2D eigenvalue weighted by atomic mass is 10.2. The molecule has 76 valence electrons. The Morgan fingerprint density at radius 3 is 2.80 bits per heavy atom. The van der Waals surface area contributed by atoms with E-state index >= 15 is 0 Å². The maximum atomic E-state index is 11.7. The predicted octanol–water partition coefficient (Wildman–Crippen LogP) is 0.888. The van der Waals surface area contributed by atoms with Crippen LogP contribution in [0.25, 0.3) is 0 Å². The van der Waals surface area contributed by atoms with Gasteiger partial charge in [-0.25, -0.2) is 4.99 Å². The molecular formula is C11H11N3O. The molecule has 0 bridgehead atoms. The van der Waals surface area contributed by atoms with E-state index in [9.17, 15) is 4.79 Å². The highest BCUT2D eigenvalue weighted by molar-refractivity contribution is 5.94. The molecule has 15 heavy (non-hydrogen) atoms. The molecule has 1 aliphatic rings. The van der Waals surface area contributed by atoms with Crippen LogP contribution < -0.4 is 10.6 Å². The molecule has 0 saturated heterocycles. The second-order valence-electron chi connectivity index (χ2n) is 3.07. The van der Waals surface area contributed by atoms with E-state index in [-0.39, 0.29) is 12.2 Å². The van der Waals surface area contributed by atoms with Crippen molar-refractivity contribution in [3.8, 4) is 0 Å². The fraction of sp³-hybridized carbons (Fsp3) is 0.0909. The molecule has 1 unspecified atom stereocenters. The third-order valence-electron chi connectivity index (χ3n) is 1.98. The summed E-state index contributed by atoms with van der Waals surface area (Å²) in [5.74, 6) is -0.138. The number of aliphatic imine (C=N–C) groups is 1. The number of amides is 1. The zero-order chi connectivity index (χ0) is 10.5. The van der Waals surface area contributed by atoms with Crippen molar-refractivity contribution < 1.29 is 4.79 Å². The maximum Gasteiger partial charge on any atom is 0.254 e. The molecule has 2 rings (SSSR count). The Labute approximate surface area is 87.7 Å². The number of carbonyl (C=O) groups excluding carboxylic acids is 1. The van der Waals surface area contributed by atoms with E-state index < -0.39 is 0 Å². The molecule has 0 fully saturated rings. The van der Waals surface area contributed by atoms with E-state index in [4.69, 9.17) is 0 Å². The minimum atomic E-state index is -0.372. The van der Waals surface area contributed by atoms with Gasteiger partial charge in [-0.05, 0) is 18.2 Å². The van der Waals surface area contributed by atoms with Crippen LogP contribution in [0.5, 0.6) is 0 Å². The molecule has 4 heteroatoms. The number of rotatable bonds is 2. The highest BCUT2D eigenvalue weighted by Crippen LogP contribution is 1.99. The molecule has 2 N–H and O–H groups in total. The Hall–Kier alpha value is -2.10. The number of hydrogen-bond acceptors (Lipinski definition) is 3. The van der Waals surface area contributed by atoms with Crippen LogP contribution in [0.3, 0.4) is 0 Å². The second kappa shape index (κ2) is 4.41. The number of benzene rings is 1. The molecule has 1 atom stereocenters. The zero-order valence-electron chi connectivity index (χ0n) is 8.05. The van der Waals surface area contributed by atoms with Crippen molar-refractivity contribution in [2.24, 2.45) is 4.99 Å². The van der Waals surface area contributed by atoms with Gasteiger partial charge in [0.25, 0.3) is 5.91 Å². The van der Waals surface area contributed by atoms with E-state index in [1.54, 1.807) is 30.6 Å². The Morgan fingerprint density at radius 2 is 2.13 bits per heavy atom. The van der Waals surface area contributed by atoms with E-state index in [2.05, 4.69) is 15.6 Å². The van der Waals surface area contributed by atoms with Crippen LogP contribution in [0, 0.1) is 0 Å². The smallest absolute Gasteiger partial charge is 0.254 e. The summed E-state index contributed by atoms with van der Waals surface area (Å²) in [7, 11) is 0. The van der Waals surface area contributed by atoms with E-state index in [0.717, 1.165) is 0 Å². The summed E-state index contributed by atoms with van der Waals surface area (Å²) in [6.07, 6.45) is 4.78. The van der Waals surface area contributed by atoms with Gasteiger partial charge in [-0.1, -0.05) is 18.2 Å². The van der Waals surface area contributed by atoms with Crippen molar-refractivity contribution in [3.63, 3.8) is 0 Å². The molecule has 0 spiro atoms. The van der Waals surface area contributed by atoms with Crippen LogP contribution in [-0.4, -0.2) is 18.4 Å². The van der Waals surface area contributed by atoms with Gasteiger partial charge < -0.3 is 10.6 Å². The summed E-state index contributed by atoms with van der Waals surface area (Å²) in [5, 5.41) is 5.65. The summed E-state index contributed by atoms with van der Waals surface area (Å²) in [5.41, 5.74) is 0.629. The molecule has 1 aliphatic heterocycles. The largest absolute Gasteiger partial charge is 0.353 e. The van der Waals surface area contributed by atoms with Crippen LogP contribution in [0.4, 0.5) is 0 Å². The first-order valence-electron chi connectivity index (χ1n) is 4.66. The number of carbonyl (C=O) groups is 1. The van der Waals surface area contributed by atoms with Gasteiger partial charge >= 0.3 is 0 Å². The van der Waals surface area contributed by atoms with Gasteiger partial charge in [0, 0.05) is 18.0 Å². The number of hydrogen-bond donors (Lipinski definition) is 2. The van der Waals surface area contributed by atoms with Gasteiger partial charge in [0.2, 0.25) is 0 Å². The summed E-state index contributed by atoms with van der Waals surface area (Å²) >= 11 is 0. The number of allylic oxidation sites excluding steroid dienone is 1. The first-order valence-corrected chi connectivity index (χ1v) is 4.66. The van der Waals surface area contributed by atoms with Crippen molar-refractivity contribution in [1.82, 2.24) is 10.6 Å². The molecular weight excluding hydrogens is 190 g/mol. The van der Waals surface area contributed by atoms with Crippen LogP contribution in [0.15, 0.2) is 47.6 Å². The van der Waals surface area contributed by atoms with E-state index in [0.29, 0.717) is 5.56 Å². The topological polar surface area (TPSA) is 53.5 Å². The highest BCUT2D eigenvalue weighted by atomic mass is 16.1. The van der Waals surface area contributed by atoms with Crippen molar-refractivity contribution in [1.29, 1.82) is 0 Å². The van der Waals surface area contributed by atoms with Gasteiger partial charge in [0.1, 0.15) is 0 Å². The first-order chi connectivity index (χ1) is 7.36. The summed E-state index contributed by atoms with van der Waals surface area (Å²) in [4.78, 5) is 15.7. The minimum Gasteiger partial charge on any atom is -0.353 e. The summed E-state index contributed by atoms with van der Waals surface area (Å²) < 4.78 is 0. The zero-order valence-corrected chi connectivity index (χ0v) is 8.05. The van der Waals surface area contributed by atoms with Crippen LogP contribution in [0.2, 0.25) is 0 Å². The van der Waals surface area contributed by atoms with E-state index in [1.165, 1.54) is 0 Å². The van der Waals surface area contributed by atoms with Gasteiger partial charge in [-0.15, -0.1) is 0 Å². The fourth-order valence-electron chi connectivity index (χ4n) is 1.24. The molecule has 1 aromatic rings. The molecule has 1 heterocycles. The molecule has 1 amide bonds. The lowest BCUT2D eigenvalue weighted by molar-refractivity contribution is 0.0934. The summed E-state index contributed by atoms with van der Waals surface area (Å²) in [6, 6.07) is 9.05. The Balaban J connectivity index is 1.98. The van der Waals surface area contributed by atoms with Crippen LogP contribution in [0.1, 0.15) is 10.4 Å². The van der Waals surface area contributed by atoms with Crippen molar-refractivity contribution in [2.75, 3.05) is 0 Å². The van der Waals surface area contributed by atoms with Gasteiger partial charge in [0.05, 0.1) is 0 Å². The number of nitrogens with zero attached hydrogens (tertiary/aromatic N) is 1. The lowest BCUT2D eigenvalue weighted by Gasteiger charge is -2.16. The monoisotopic (exact) mass is 201 g/mol.